The van der Waals surface area contributed by atoms with E-state index in [9.17, 15) is 0 Å². The Morgan fingerprint density at radius 1 is 0.909 bits per heavy atom. The standard InChI is InChI=1S/C18H31N3.C12H19Cl.C5H12.C3H8.C2H6/c1-7-9-10-20-16(5)18(14(3)8-2)17(6)21-12-11-19-15(4)13-21;1-4-6-7-9-12(13)10-11(3)8-5-2;1-3-5-4-2;1-3-2;1-2/h8-10,15,19H,7,11-13H2,1-6H3;6-7,9-10H,4-5,8H2,1-3H3;3-5H2,1-2H3;3H2,1-2H3;1-2H3/b10-9+,14-8-,18-17+,20-16+;7-6+,11-10+,12-9+;;;. The minimum absolute atomic E-state index is 0.540. The lowest BCUT2D eigenvalue weighted by Gasteiger charge is -2.35. The van der Waals surface area contributed by atoms with E-state index in [0.29, 0.717) is 6.04 Å². The predicted octanol–water partition coefficient (Wildman–Crippen LogP) is 13.4. The molecule has 0 spiro atoms. The molecular formula is C40H76ClN3. The molecule has 3 nitrogen and oxygen atoms in total. The quantitative estimate of drug-likeness (QED) is 0.171. The Balaban J connectivity index is -0.000000295. The first-order valence-electron chi connectivity index (χ1n) is 17.8. The molecule has 1 aliphatic heterocycles. The highest BCUT2D eigenvalue weighted by molar-refractivity contribution is 6.31. The van der Waals surface area contributed by atoms with E-state index in [1.165, 1.54) is 54.5 Å². The predicted molar refractivity (Wildman–Crippen MR) is 208 cm³/mol. The monoisotopic (exact) mass is 634 g/mol. The minimum Gasteiger partial charge on any atom is -0.372 e. The largest absolute Gasteiger partial charge is 0.372 e. The molecule has 1 saturated heterocycles. The molecule has 1 atom stereocenters. The molecule has 1 rings (SSSR count). The van der Waals surface area contributed by atoms with Crippen molar-refractivity contribution in [3.05, 3.63) is 70.1 Å². The summed E-state index contributed by atoms with van der Waals surface area (Å²) in [6.45, 7) is 35.2. The van der Waals surface area contributed by atoms with Crippen LogP contribution in [-0.2, 0) is 0 Å². The fourth-order valence-corrected chi connectivity index (χ4v) is 4.36. The highest BCUT2D eigenvalue weighted by Gasteiger charge is 2.19. The van der Waals surface area contributed by atoms with Gasteiger partial charge in [0.2, 0.25) is 0 Å². The SMILES string of the molecule is CC.CC/C=C/C=C(Cl)\C=C(/C)CCC.CCC.CCCCC.C\C=C(C)/C(C(/C)=N/C=C/CC)=C(/C)N1CCNC(C)C1. The fraction of sp³-hybridized carbons (Fsp3) is 0.675. The third kappa shape index (κ3) is 30.2. The maximum Gasteiger partial charge on any atom is 0.0464 e. The maximum atomic E-state index is 5.98. The van der Waals surface area contributed by atoms with Crippen LogP contribution < -0.4 is 5.32 Å². The van der Waals surface area contributed by atoms with Gasteiger partial charge in [0.25, 0.3) is 0 Å². The molecule has 0 amide bonds. The molecule has 1 heterocycles. The van der Waals surface area contributed by atoms with Crippen molar-refractivity contribution in [1.82, 2.24) is 10.2 Å². The van der Waals surface area contributed by atoms with E-state index in [1.54, 1.807) is 0 Å². The Bertz CT molecular complexity index is 854. The van der Waals surface area contributed by atoms with Crippen LogP contribution in [0, 0.1) is 0 Å². The van der Waals surface area contributed by atoms with Crippen LogP contribution in [-0.4, -0.2) is 36.3 Å². The van der Waals surface area contributed by atoms with Gasteiger partial charge in [0.1, 0.15) is 0 Å². The summed E-state index contributed by atoms with van der Waals surface area (Å²) in [6.07, 6.45) is 23.9. The Kier molecular flexibility index (Phi) is 41.6. The number of halogens is 1. The molecular weight excluding hydrogens is 558 g/mol. The van der Waals surface area contributed by atoms with E-state index < -0.39 is 0 Å². The van der Waals surface area contributed by atoms with Gasteiger partial charge < -0.3 is 10.2 Å². The van der Waals surface area contributed by atoms with Gasteiger partial charge in [0.15, 0.2) is 0 Å². The number of piperazine rings is 1. The molecule has 4 heteroatoms. The molecule has 0 radical (unpaired) electrons. The van der Waals surface area contributed by atoms with Gasteiger partial charge in [-0.1, -0.05) is 136 Å². The molecule has 0 bridgehead atoms. The number of hydrogen-bond acceptors (Lipinski definition) is 3. The highest BCUT2D eigenvalue weighted by atomic mass is 35.5. The molecule has 1 unspecified atom stereocenters. The second-order valence-corrected chi connectivity index (χ2v) is 11.4. The van der Waals surface area contributed by atoms with Crippen LogP contribution in [0.5, 0.6) is 0 Å². The zero-order valence-electron chi connectivity index (χ0n) is 32.2. The van der Waals surface area contributed by atoms with Gasteiger partial charge in [-0.15, -0.1) is 0 Å². The molecule has 0 aromatic carbocycles. The summed E-state index contributed by atoms with van der Waals surface area (Å²) in [6, 6.07) is 0.540. The molecule has 1 fully saturated rings. The Morgan fingerprint density at radius 2 is 1.48 bits per heavy atom. The van der Waals surface area contributed by atoms with Gasteiger partial charge in [0, 0.05) is 53.9 Å². The van der Waals surface area contributed by atoms with E-state index >= 15 is 0 Å². The average Bonchev–Trinajstić information content (AvgIpc) is 3.00. The van der Waals surface area contributed by atoms with E-state index in [4.69, 9.17) is 11.6 Å². The number of allylic oxidation sites excluding steroid dienone is 11. The van der Waals surface area contributed by atoms with Gasteiger partial charge in [0.05, 0.1) is 0 Å². The first kappa shape index (κ1) is 49.0. The van der Waals surface area contributed by atoms with Gasteiger partial charge in [-0.3, -0.25) is 4.99 Å². The minimum atomic E-state index is 0.540. The average molecular weight is 635 g/mol. The van der Waals surface area contributed by atoms with Crippen LogP contribution in [0.4, 0.5) is 0 Å². The van der Waals surface area contributed by atoms with Gasteiger partial charge in [-0.05, 0) is 78.5 Å². The summed E-state index contributed by atoms with van der Waals surface area (Å²) in [5.74, 6) is 0. The number of nitrogens with one attached hydrogen (secondary N) is 1. The van der Waals surface area contributed by atoms with E-state index in [0.717, 1.165) is 49.6 Å². The van der Waals surface area contributed by atoms with Crippen LogP contribution in [0.2, 0.25) is 0 Å². The van der Waals surface area contributed by atoms with Gasteiger partial charge in [-0.25, -0.2) is 0 Å². The molecule has 0 aromatic heterocycles. The Morgan fingerprint density at radius 3 is 1.91 bits per heavy atom. The molecule has 258 valence electrons. The third-order valence-corrected chi connectivity index (χ3v) is 6.60. The lowest BCUT2D eigenvalue weighted by molar-refractivity contribution is 0.255. The normalized spacial score (nSPS) is 16.5. The van der Waals surface area contributed by atoms with Crippen molar-refractivity contribution in [2.75, 3.05) is 19.6 Å². The zero-order chi connectivity index (χ0) is 34.8. The molecule has 44 heavy (non-hydrogen) atoms. The summed E-state index contributed by atoms with van der Waals surface area (Å²) in [4.78, 5) is 7.09. The van der Waals surface area contributed by atoms with Gasteiger partial charge in [-0.2, -0.15) is 0 Å². The van der Waals surface area contributed by atoms with Crippen LogP contribution >= 0.6 is 11.6 Å². The van der Waals surface area contributed by atoms with Crippen molar-refractivity contribution in [3.63, 3.8) is 0 Å². The fourth-order valence-electron chi connectivity index (χ4n) is 4.11. The smallest absolute Gasteiger partial charge is 0.0464 e. The molecule has 0 aliphatic carbocycles. The number of aliphatic imine (C=N–C) groups is 1. The first-order chi connectivity index (χ1) is 21.0. The van der Waals surface area contributed by atoms with Crippen molar-refractivity contribution >= 4 is 17.3 Å². The third-order valence-electron chi connectivity index (χ3n) is 6.37. The van der Waals surface area contributed by atoms with Crippen molar-refractivity contribution in [1.29, 1.82) is 0 Å². The Hall–Kier alpha value is -1.84. The van der Waals surface area contributed by atoms with Crippen molar-refractivity contribution < 1.29 is 0 Å². The molecule has 1 N–H and O–H groups in total. The van der Waals surface area contributed by atoms with Crippen molar-refractivity contribution in [2.24, 2.45) is 4.99 Å². The van der Waals surface area contributed by atoms with Crippen LogP contribution in [0.3, 0.4) is 0 Å². The summed E-state index contributed by atoms with van der Waals surface area (Å²) in [7, 11) is 0. The summed E-state index contributed by atoms with van der Waals surface area (Å²) in [5.41, 5.74) is 6.36. The van der Waals surface area contributed by atoms with E-state index in [-0.39, 0.29) is 0 Å². The second kappa shape index (κ2) is 37.3. The number of nitrogens with zero attached hydrogens (tertiary/aromatic N) is 2. The number of hydrogen-bond donors (Lipinski definition) is 1. The second-order valence-electron chi connectivity index (χ2n) is 10.9. The summed E-state index contributed by atoms with van der Waals surface area (Å²) >= 11 is 5.98. The van der Waals surface area contributed by atoms with Crippen molar-refractivity contribution in [3.8, 4) is 0 Å². The maximum absolute atomic E-state index is 5.98. The zero-order valence-corrected chi connectivity index (χ0v) is 32.9. The molecule has 0 saturated carbocycles. The number of unbranched alkanes of at least 4 members (excludes halogenated alkanes) is 2. The van der Waals surface area contributed by atoms with Crippen LogP contribution in [0.25, 0.3) is 0 Å². The first-order valence-corrected chi connectivity index (χ1v) is 18.1. The number of rotatable bonds is 12. The molecule has 0 aromatic rings. The van der Waals surface area contributed by atoms with E-state index in [1.807, 2.05) is 38.3 Å². The lowest BCUT2D eigenvalue weighted by atomic mass is 9.99. The van der Waals surface area contributed by atoms with E-state index in [2.05, 4.69) is 123 Å². The van der Waals surface area contributed by atoms with Gasteiger partial charge >= 0.3 is 0 Å². The van der Waals surface area contributed by atoms with Crippen molar-refractivity contribution in [2.45, 2.75) is 161 Å². The van der Waals surface area contributed by atoms with Crippen LogP contribution in [0.1, 0.15) is 155 Å². The lowest BCUT2D eigenvalue weighted by Crippen LogP contribution is -2.48. The topological polar surface area (TPSA) is 27.6 Å². The Labute approximate surface area is 282 Å². The van der Waals surface area contributed by atoms with Crippen LogP contribution in [0.15, 0.2) is 75.1 Å². The molecule has 1 aliphatic rings. The highest BCUT2D eigenvalue weighted by Crippen LogP contribution is 2.21. The summed E-state index contributed by atoms with van der Waals surface area (Å²) < 4.78 is 0. The summed E-state index contributed by atoms with van der Waals surface area (Å²) in [5, 5.41) is 4.32.